The zero-order valence-electron chi connectivity index (χ0n) is 10.5. The van der Waals surface area contributed by atoms with Gasteiger partial charge in [0.15, 0.2) is 9.84 Å². The number of anilines is 1. The molecule has 0 aliphatic rings. The summed E-state index contributed by atoms with van der Waals surface area (Å²) in [5.41, 5.74) is 5.78. The maximum atomic E-state index is 11.6. The van der Waals surface area contributed by atoms with Crippen molar-refractivity contribution in [3.05, 3.63) is 30.3 Å². The van der Waals surface area contributed by atoms with Crippen molar-refractivity contribution in [2.75, 3.05) is 36.6 Å². The predicted molar refractivity (Wildman–Crippen MR) is 73.6 cm³/mol. The summed E-state index contributed by atoms with van der Waals surface area (Å²) in [6.45, 7) is 0.707. The number of nitrogens with two attached hydrogens (primary N) is 1. The van der Waals surface area contributed by atoms with Crippen LogP contribution >= 0.6 is 0 Å². The molecule has 7 heteroatoms. The van der Waals surface area contributed by atoms with Crippen molar-refractivity contribution in [3.63, 3.8) is 0 Å². The van der Waals surface area contributed by atoms with Gasteiger partial charge in [-0.15, -0.1) is 0 Å². The van der Waals surface area contributed by atoms with Gasteiger partial charge in [-0.1, -0.05) is 18.2 Å². The van der Waals surface area contributed by atoms with E-state index < -0.39 is 21.5 Å². The van der Waals surface area contributed by atoms with Gasteiger partial charge in [0.05, 0.1) is 19.0 Å². The summed E-state index contributed by atoms with van der Waals surface area (Å²) in [4.78, 5) is 11.6. The van der Waals surface area contributed by atoms with Gasteiger partial charge in [-0.05, 0) is 12.1 Å². The lowest BCUT2D eigenvalue weighted by Crippen LogP contribution is -2.26. The lowest BCUT2D eigenvalue weighted by atomic mass is 10.3. The fourth-order valence-corrected chi connectivity index (χ4v) is 2.35. The quantitative estimate of drug-likeness (QED) is 0.656. The molecule has 0 aliphatic heterocycles. The Labute approximate surface area is 112 Å². The lowest BCUT2D eigenvalue weighted by Gasteiger charge is -2.06. The molecule has 0 heterocycles. The molecule has 0 bridgehead atoms. The van der Waals surface area contributed by atoms with Crippen molar-refractivity contribution in [2.45, 2.75) is 0 Å². The van der Waals surface area contributed by atoms with Crippen molar-refractivity contribution in [3.8, 4) is 0 Å². The summed E-state index contributed by atoms with van der Waals surface area (Å²) in [5.74, 6) is -1.28. The molecule has 0 fully saturated rings. The normalized spacial score (nSPS) is 11.2. The van der Waals surface area contributed by atoms with E-state index in [1.165, 1.54) is 0 Å². The van der Waals surface area contributed by atoms with Crippen LogP contribution in [-0.2, 0) is 19.4 Å². The minimum atomic E-state index is -3.46. The van der Waals surface area contributed by atoms with Gasteiger partial charge < -0.3 is 15.8 Å². The van der Waals surface area contributed by atoms with E-state index in [4.69, 9.17) is 10.5 Å². The Kier molecular flexibility index (Phi) is 6.48. The number of benzene rings is 1. The molecule has 0 saturated carbocycles. The highest BCUT2D eigenvalue weighted by atomic mass is 32.2. The van der Waals surface area contributed by atoms with Crippen LogP contribution in [-0.4, -0.2) is 45.6 Å². The Morgan fingerprint density at radius 1 is 1.21 bits per heavy atom. The predicted octanol–water partition coefficient (Wildman–Crippen LogP) is 0.0152. The summed E-state index contributed by atoms with van der Waals surface area (Å²) in [5, 5.41) is 2.52. The third-order valence-electron chi connectivity index (χ3n) is 2.21. The van der Waals surface area contributed by atoms with Gasteiger partial charge in [0.1, 0.15) is 5.75 Å². The number of ether oxygens (including phenoxy) is 1. The van der Waals surface area contributed by atoms with Gasteiger partial charge in [-0.2, -0.15) is 0 Å². The molecule has 0 aromatic heterocycles. The number of sulfone groups is 1. The SMILES string of the molecule is NCCOCCS(=O)(=O)CC(=O)Nc1ccccc1. The first-order chi connectivity index (χ1) is 9.03. The summed E-state index contributed by atoms with van der Waals surface area (Å²) < 4.78 is 28.2. The number of rotatable bonds is 8. The van der Waals surface area contributed by atoms with Crippen LogP contribution in [0.1, 0.15) is 0 Å². The maximum absolute atomic E-state index is 11.6. The Balaban J connectivity index is 2.38. The van der Waals surface area contributed by atoms with E-state index in [1.54, 1.807) is 30.3 Å². The van der Waals surface area contributed by atoms with Gasteiger partial charge in [0.25, 0.3) is 0 Å². The average molecular weight is 286 g/mol. The van der Waals surface area contributed by atoms with E-state index in [2.05, 4.69) is 5.32 Å². The van der Waals surface area contributed by atoms with Crippen LogP contribution in [0, 0.1) is 0 Å². The lowest BCUT2D eigenvalue weighted by molar-refractivity contribution is -0.113. The van der Waals surface area contributed by atoms with E-state index in [0.29, 0.717) is 18.8 Å². The van der Waals surface area contributed by atoms with Crippen molar-refractivity contribution in [2.24, 2.45) is 5.73 Å². The van der Waals surface area contributed by atoms with Crippen molar-refractivity contribution >= 4 is 21.4 Å². The molecule has 1 aromatic carbocycles. The summed E-state index contributed by atoms with van der Waals surface area (Å²) in [7, 11) is -3.46. The fourth-order valence-electron chi connectivity index (χ4n) is 1.36. The molecular weight excluding hydrogens is 268 g/mol. The largest absolute Gasteiger partial charge is 0.379 e. The highest BCUT2D eigenvalue weighted by molar-refractivity contribution is 7.92. The van der Waals surface area contributed by atoms with Crippen molar-refractivity contribution in [1.82, 2.24) is 0 Å². The van der Waals surface area contributed by atoms with Crippen LogP contribution in [0.4, 0.5) is 5.69 Å². The molecule has 0 spiro atoms. The maximum Gasteiger partial charge on any atom is 0.239 e. The fraction of sp³-hybridized carbons (Fsp3) is 0.417. The standard InChI is InChI=1S/C12H18N2O4S/c13-6-7-18-8-9-19(16,17)10-12(15)14-11-4-2-1-3-5-11/h1-5H,6-10,13H2,(H,14,15). The second kappa shape index (κ2) is 7.88. The zero-order chi connectivity index (χ0) is 14.1. The summed E-state index contributed by atoms with van der Waals surface area (Å²) >= 11 is 0. The van der Waals surface area contributed by atoms with Crippen LogP contribution in [0.15, 0.2) is 30.3 Å². The average Bonchev–Trinajstić information content (AvgIpc) is 2.35. The number of nitrogens with one attached hydrogen (secondary N) is 1. The van der Waals surface area contributed by atoms with E-state index in [9.17, 15) is 13.2 Å². The van der Waals surface area contributed by atoms with Crippen LogP contribution in [0.5, 0.6) is 0 Å². The van der Waals surface area contributed by atoms with Gasteiger partial charge >= 0.3 is 0 Å². The van der Waals surface area contributed by atoms with Gasteiger partial charge in [0, 0.05) is 12.2 Å². The molecule has 0 atom stereocenters. The molecule has 0 aliphatic carbocycles. The molecule has 6 nitrogen and oxygen atoms in total. The molecule has 0 radical (unpaired) electrons. The number of carbonyl (C=O) groups is 1. The topological polar surface area (TPSA) is 98.5 Å². The Bertz CT molecular complexity index is 488. The van der Waals surface area contributed by atoms with Gasteiger partial charge in [-0.25, -0.2) is 8.42 Å². The third-order valence-corrected chi connectivity index (χ3v) is 3.70. The highest BCUT2D eigenvalue weighted by Gasteiger charge is 2.16. The van der Waals surface area contributed by atoms with E-state index in [-0.39, 0.29) is 12.4 Å². The first kappa shape index (κ1) is 15.6. The summed E-state index contributed by atoms with van der Waals surface area (Å²) in [6, 6.07) is 8.69. The molecule has 0 saturated heterocycles. The minimum absolute atomic E-state index is 0.0537. The number of amides is 1. The first-order valence-electron chi connectivity index (χ1n) is 5.86. The monoisotopic (exact) mass is 286 g/mol. The second-order valence-electron chi connectivity index (χ2n) is 3.91. The zero-order valence-corrected chi connectivity index (χ0v) is 11.4. The van der Waals surface area contributed by atoms with Crippen molar-refractivity contribution in [1.29, 1.82) is 0 Å². The molecule has 1 amide bonds. The molecule has 1 rings (SSSR count). The van der Waals surface area contributed by atoms with E-state index >= 15 is 0 Å². The third kappa shape index (κ3) is 6.90. The molecule has 0 unspecified atom stereocenters. The van der Waals surface area contributed by atoms with Crippen LogP contribution < -0.4 is 11.1 Å². The van der Waals surface area contributed by atoms with Crippen molar-refractivity contribution < 1.29 is 17.9 Å². The van der Waals surface area contributed by atoms with Crippen LogP contribution in [0.3, 0.4) is 0 Å². The Hall–Kier alpha value is -1.44. The van der Waals surface area contributed by atoms with Gasteiger partial charge in [0.2, 0.25) is 5.91 Å². The van der Waals surface area contributed by atoms with E-state index in [1.807, 2.05) is 0 Å². The number of hydrogen-bond donors (Lipinski definition) is 2. The molecule has 106 valence electrons. The van der Waals surface area contributed by atoms with Crippen LogP contribution in [0.2, 0.25) is 0 Å². The highest BCUT2D eigenvalue weighted by Crippen LogP contribution is 2.05. The second-order valence-corrected chi connectivity index (χ2v) is 6.09. The molecule has 1 aromatic rings. The number of hydrogen-bond acceptors (Lipinski definition) is 5. The Morgan fingerprint density at radius 2 is 1.89 bits per heavy atom. The number of para-hydroxylation sites is 1. The van der Waals surface area contributed by atoms with Gasteiger partial charge in [-0.3, -0.25) is 4.79 Å². The first-order valence-corrected chi connectivity index (χ1v) is 7.69. The smallest absolute Gasteiger partial charge is 0.239 e. The number of carbonyl (C=O) groups excluding carboxylic acids is 1. The Morgan fingerprint density at radius 3 is 2.53 bits per heavy atom. The minimum Gasteiger partial charge on any atom is -0.379 e. The van der Waals surface area contributed by atoms with E-state index in [0.717, 1.165) is 0 Å². The molecular formula is C12H18N2O4S. The molecule has 19 heavy (non-hydrogen) atoms. The summed E-state index contributed by atoms with van der Waals surface area (Å²) in [6.07, 6.45) is 0. The molecule has 3 N–H and O–H groups in total. The van der Waals surface area contributed by atoms with Crippen LogP contribution in [0.25, 0.3) is 0 Å².